The van der Waals surface area contributed by atoms with Crippen LogP contribution in [0, 0.1) is 0 Å². The number of benzene rings is 2. The first-order chi connectivity index (χ1) is 14.3. The van der Waals surface area contributed by atoms with Gasteiger partial charge in [0.05, 0.1) is 20.2 Å². The molecule has 0 bridgehead atoms. The van der Waals surface area contributed by atoms with Crippen LogP contribution in [-0.2, 0) is 25.9 Å². The van der Waals surface area contributed by atoms with Gasteiger partial charge in [0.1, 0.15) is 0 Å². The molecule has 0 atom stereocenters. The lowest BCUT2D eigenvalue weighted by Gasteiger charge is -2.15. The summed E-state index contributed by atoms with van der Waals surface area (Å²) in [7, 11) is -9.10. The Labute approximate surface area is 178 Å². The highest BCUT2D eigenvalue weighted by Crippen LogP contribution is 2.36. The number of sulfone groups is 2. The van der Waals surface area contributed by atoms with E-state index in [-0.39, 0.29) is 10.8 Å². The standard InChI is InChI=1S/C21H18F3NO4S2/c1-14(2)15-6-9-17(10-7-15)30(26,27)18-11-8-16(21(22,23)24)13-19(18)31(28,29)20-5-3-4-12-25-20/h3-14H,1-2H3. The third-order valence-electron chi connectivity index (χ3n) is 4.62. The molecule has 2 aromatic carbocycles. The number of hydrogen-bond acceptors (Lipinski definition) is 5. The summed E-state index contributed by atoms with van der Waals surface area (Å²) in [6.45, 7) is 3.83. The molecule has 31 heavy (non-hydrogen) atoms. The molecule has 0 amide bonds. The summed E-state index contributed by atoms with van der Waals surface area (Å²) in [5.41, 5.74) is -0.427. The Kier molecular flexibility index (Phi) is 5.98. The van der Waals surface area contributed by atoms with Gasteiger partial charge in [-0.25, -0.2) is 21.8 Å². The summed E-state index contributed by atoms with van der Waals surface area (Å²) in [6.07, 6.45) is -3.71. The van der Waals surface area contributed by atoms with Gasteiger partial charge in [0.25, 0.3) is 0 Å². The van der Waals surface area contributed by atoms with Gasteiger partial charge in [0.2, 0.25) is 19.7 Å². The maximum absolute atomic E-state index is 13.3. The minimum absolute atomic E-state index is 0.128. The molecule has 0 N–H and O–H groups in total. The molecule has 0 radical (unpaired) electrons. The van der Waals surface area contributed by atoms with Crippen LogP contribution in [0.4, 0.5) is 13.2 Å². The Morgan fingerprint density at radius 1 is 0.806 bits per heavy atom. The van der Waals surface area contributed by atoms with Crippen LogP contribution in [0.15, 0.2) is 86.6 Å². The minimum Gasteiger partial charge on any atom is -0.244 e. The Hall–Kier alpha value is -2.72. The van der Waals surface area contributed by atoms with Crippen LogP contribution in [0.1, 0.15) is 30.9 Å². The van der Waals surface area contributed by atoms with E-state index in [0.29, 0.717) is 18.2 Å². The van der Waals surface area contributed by atoms with Crippen LogP contribution in [0.3, 0.4) is 0 Å². The highest BCUT2D eigenvalue weighted by Gasteiger charge is 2.36. The van der Waals surface area contributed by atoms with Gasteiger partial charge in [0.15, 0.2) is 5.03 Å². The zero-order chi connectivity index (χ0) is 23.0. The Morgan fingerprint density at radius 3 is 1.97 bits per heavy atom. The predicted molar refractivity (Wildman–Crippen MR) is 107 cm³/mol. The van der Waals surface area contributed by atoms with Gasteiger partial charge in [0, 0.05) is 6.20 Å². The molecular formula is C21H18F3NO4S2. The van der Waals surface area contributed by atoms with Gasteiger partial charge in [-0.15, -0.1) is 0 Å². The molecule has 0 spiro atoms. The number of hydrogen-bond donors (Lipinski definition) is 0. The van der Waals surface area contributed by atoms with Crippen molar-refractivity contribution < 1.29 is 30.0 Å². The zero-order valence-corrected chi connectivity index (χ0v) is 18.1. The van der Waals surface area contributed by atoms with E-state index in [1.54, 1.807) is 12.1 Å². The molecule has 0 saturated carbocycles. The van der Waals surface area contributed by atoms with E-state index in [2.05, 4.69) is 4.98 Å². The molecular weight excluding hydrogens is 451 g/mol. The first-order valence-electron chi connectivity index (χ1n) is 9.07. The maximum atomic E-state index is 13.3. The molecule has 0 aliphatic rings. The lowest BCUT2D eigenvalue weighted by atomic mass is 10.0. The number of aromatic nitrogens is 1. The molecule has 10 heteroatoms. The second kappa shape index (κ2) is 8.08. The van der Waals surface area contributed by atoms with Crippen LogP contribution in [0.25, 0.3) is 0 Å². The smallest absolute Gasteiger partial charge is 0.244 e. The summed E-state index contributed by atoms with van der Waals surface area (Å²) in [6, 6.07) is 11.2. The van der Waals surface area contributed by atoms with E-state index >= 15 is 0 Å². The van der Waals surface area contributed by atoms with Crippen molar-refractivity contribution in [3.05, 3.63) is 78.0 Å². The minimum atomic E-state index is -4.87. The van der Waals surface area contributed by atoms with Crippen LogP contribution in [-0.4, -0.2) is 21.8 Å². The first kappa shape index (κ1) is 23.0. The average Bonchev–Trinajstić information content (AvgIpc) is 2.73. The van der Waals surface area contributed by atoms with Crippen molar-refractivity contribution >= 4 is 19.7 Å². The summed E-state index contributed by atoms with van der Waals surface area (Å²) >= 11 is 0. The number of pyridine rings is 1. The monoisotopic (exact) mass is 469 g/mol. The highest BCUT2D eigenvalue weighted by molar-refractivity contribution is 7.94. The van der Waals surface area contributed by atoms with Crippen molar-refractivity contribution in [1.29, 1.82) is 0 Å². The van der Waals surface area contributed by atoms with E-state index in [1.165, 1.54) is 24.3 Å². The van der Waals surface area contributed by atoms with Crippen LogP contribution >= 0.6 is 0 Å². The first-order valence-corrected chi connectivity index (χ1v) is 12.0. The SMILES string of the molecule is CC(C)c1ccc(S(=O)(=O)c2ccc(C(F)(F)F)cc2S(=O)(=O)c2ccccn2)cc1. The molecule has 0 aliphatic carbocycles. The van der Waals surface area contributed by atoms with E-state index in [4.69, 9.17) is 0 Å². The fraction of sp³-hybridized carbons (Fsp3) is 0.190. The van der Waals surface area contributed by atoms with Crippen LogP contribution in [0.5, 0.6) is 0 Å². The van der Waals surface area contributed by atoms with Crippen molar-refractivity contribution in [2.75, 3.05) is 0 Å². The maximum Gasteiger partial charge on any atom is 0.416 e. The summed E-state index contributed by atoms with van der Waals surface area (Å²) in [5.74, 6) is 0.128. The molecule has 0 unspecified atom stereocenters. The molecule has 3 aromatic rings. The number of nitrogens with zero attached hydrogens (tertiary/aromatic N) is 1. The predicted octanol–water partition coefficient (Wildman–Crippen LogP) is 4.89. The van der Waals surface area contributed by atoms with Crippen LogP contribution in [0.2, 0.25) is 0 Å². The summed E-state index contributed by atoms with van der Waals surface area (Å²) in [4.78, 5) is 1.73. The molecule has 0 saturated heterocycles. The Morgan fingerprint density at radius 2 is 1.45 bits per heavy atom. The molecule has 0 aliphatic heterocycles. The fourth-order valence-electron chi connectivity index (χ4n) is 2.89. The van der Waals surface area contributed by atoms with E-state index in [1.807, 2.05) is 13.8 Å². The highest BCUT2D eigenvalue weighted by atomic mass is 32.2. The third kappa shape index (κ3) is 4.49. The fourth-order valence-corrected chi connectivity index (χ4v) is 6.17. The zero-order valence-electron chi connectivity index (χ0n) is 16.5. The molecule has 3 rings (SSSR count). The quantitative estimate of drug-likeness (QED) is 0.532. The molecule has 164 valence electrons. The Balaban J connectivity index is 2.27. The third-order valence-corrected chi connectivity index (χ3v) is 8.29. The van der Waals surface area contributed by atoms with Gasteiger partial charge >= 0.3 is 6.18 Å². The molecule has 0 fully saturated rings. The average molecular weight is 470 g/mol. The van der Waals surface area contributed by atoms with Crippen molar-refractivity contribution in [1.82, 2.24) is 4.98 Å². The van der Waals surface area contributed by atoms with Gasteiger partial charge < -0.3 is 0 Å². The van der Waals surface area contributed by atoms with E-state index in [9.17, 15) is 30.0 Å². The Bertz CT molecular complexity index is 1300. The summed E-state index contributed by atoms with van der Waals surface area (Å²) < 4.78 is 92.3. The summed E-state index contributed by atoms with van der Waals surface area (Å²) in [5, 5.41) is -0.555. The van der Waals surface area contributed by atoms with Crippen molar-refractivity contribution in [3.63, 3.8) is 0 Å². The van der Waals surface area contributed by atoms with Crippen molar-refractivity contribution in [2.24, 2.45) is 0 Å². The van der Waals surface area contributed by atoms with Crippen molar-refractivity contribution in [2.45, 2.75) is 45.7 Å². The molecule has 1 heterocycles. The second-order valence-corrected chi connectivity index (χ2v) is 10.8. The second-order valence-electron chi connectivity index (χ2n) is 7.06. The van der Waals surface area contributed by atoms with Gasteiger partial charge in [-0.05, 0) is 53.9 Å². The lowest BCUT2D eigenvalue weighted by Crippen LogP contribution is -2.14. The van der Waals surface area contributed by atoms with Crippen molar-refractivity contribution in [3.8, 4) is 0 Å². The lowest BCUT2D eigenvalue weighted by molar-refractivity contribution is -0.137. The molecule has 1 aromatic heterocycles. The normalized spacial score (nSPS) is 12.8. The van der Waals surface area contributed by atoms with Crippen LogP contribution < -0.4 is 0 Å². The number of alkyl halides is 3. The van der Waals surface area contributed by atoms with Gasteiger partial charge in [-0.3, -0.25) is 0 Å². The topological polar surface area (TPSA) is 81.2 Å². The van der Waals surface area contributed by atoms with E-state index < -0.39 is 46.2 Å². The number of rotatable bonds is 5. The van der Waals surface area contributed by atoms with E-state index in [0.717, 1.165) is 17.8 Å². The van der Waals surface area contributed by atoms with Gasteiger partial charge in [-0.2, -0.15) is 13.2 Å². The molecule has 5 nitrogen and oxygen atoms in total. The largest absolute Gasteiger partial charge is 0.416 e. The van der Waals surface area contributed by atoms with Gasteiger partial charge in [-0.1, -0.05) is 32.0 Å². The number of halogens is 3.